The second kappa shape index (κ2) is 9.51. The average molecular weight is 426 g/mol. The Bertz CT molecular complexity index is 848. The van der Waals surface area contributed by atoms with Gasteiger partial charge in [0.2, 0.25) is 11.8 Å². The van der Waals surface area contributed by atoms with Gasteiger partial charge in [0, 0.05) is 30.6 Å². The molecule has 6 nitrogen and oxygen atoms in total. The second-order valence-corrected chi connectivity index (χ2v) is 9.43. The number of benzene rings is 1. The monoisotopic (exact) mass is 425 g/mol. The van der Waals surface area contributed by atoms with Crippen molar-refractivity contribution in [2.45, 2.75) is 96.3 Å². The van der Waals surface area contributed by atoms with E-state index in [4.69, 9.17) is 0 Å². The van der Waals surface area contributed by atoms with E-state index in [1.807, 2.05) is 6.07 Å². The van der Waals surface area contributed by atoms with Crippen LogP contribution in [0.5, 0.6) is 0 Å². The van der Waals surface area contributed by atoms with Gasteiger partial charge in [0.05, 0.1) is 0 Å². The van der Waals surface area contributed by atoms with Crippen LogP contribution >= 0.6 is 0 Å². The lowest BCUT2D eigenvalue weighted by atomic mass is 9.80. The van der Waals surface area contributed by atoms with Crippen LogP contribution in [0.15, 0.2) is 18.2 Å². The highest BCUT2D eigenvalue weighted by molar-refractivity contribution is 6.05. The third-order valence-electron chi connectivity index (χ3n) is 7.43. The number of nitrogens with zero attached hydrogens (tertiary/aromatic N) is 1. The minimum Gasteiger partial charge on any atom is -0.322 e. The van der Waals surface area contributed by atoms with E-state index in [1.165, 1.54) is 31.2 Å². The SMILES string of the molecule is CCC(CC)N[C@H]1CCCC[C@@H]1Cc1ccc2c(c1)CN(C1CCC(=O)NC1=O)C2=O. The van der Waals surface area contributed by atoms with E-state index in [0.717, 1.165) is 24.8 Å². The Balaban J connectivity index is 1.45. The first-order chi connectivity index (χ1) is 15.0. The van der Waals surface area contributed by atoms with E-state index < -0.39 is 6.04 Å². The maximum absolute atomic E-state index is 12.9. The fourth-order valence-electron chi connectivity index (χ4n) is 5.56. The van der Waals surface area contributed by atoms with Crippen LogP contribution in [0.3, 0.4) is 0 Å². The van der Waals surface area contributed by atoms with Gasteiger partial charge in [-0.1, -0.05) is 38.8 Å². The number of nitrogens with one attached hydrogen (secondary N) is 2. The minimum atomic E-state index is -0.548. The summed E-state index contributed by atoms with van der Waals surface area (Å²) in [7, 11) is 0. The van der Waals surface area contributed by atoms with Crippen molar-refractivity contribution in [2.75, 3.05) is 0 Å². The zero-order chi connectivity index (χ0) is 22.0. The van der Waals surface area contributed by atoms with Crippen molar-refractivity contribution in [1.29, 1.82) is 0 Å². The molecule has 3 atom stereocenters. The van der Waals surface area contributed by atoms with Crippen molar-refractivity contribution >= 4 is 17.7 Å². The van der Waals surface area contributed by atoms with Gasteiger partial charge in [-0.25, -0.2) is 0 Å². The third kappa shape index (κ3) is 4.69. The van der Waals surface area contributed by atoms with Crippen LogP contribution in [0, 0.1) is 5.92 Å². The summed E-state index contributed by atoms with van der Waals surface area (Å²) >= 11 is 0. The predicted molar refractivity (Wildman–Crippen MR) is 119 cm³/mol. The van der Waals surface area contributed by atoms with Gasteiger partial charge in [-0.2, -0.15) is 0 Å². The molecule has 0 bridgehead atoms. The molecule has 3 amide bonds. The zero-order valence-corrected chi connectivity index (χ0v) is 18.8. The van der Waals surface area contributed by atoms with E-state index in [1.54, 1.807) is 4.90 Å². The predicted octanol–water partition coefficient (Wildman–Crippen LogP) is 3.33. The molecule has 4 rings (SSSR count). The molecular weight excluding hydrogens is 390 g/mol. The molecule has 2 N–H and O–H groups in total. The van der Waals surface area contributed by atoms with Crippen molar-refractivity contribution in [3.05, 3.63) is 34.9 Å². The summed E-state index contributed by atoms with van der Waals surface area (Å²) in [5, 5.41) is 6.28. The van der Waals surface area contributed by atoms with Gasteiger partial charge in [-0.05, 0) is 61.6 Å². The quantitative estimate of drug-likeness (QED) is 0.657. The lowest BCUT2D eigenvalue weighted by Gasteiger charge is -2.35. The molecule has 168 valence electrons. The Kier molecular flexibility index (Phi) is 6.75. The normalized spacial score (nSPS) is 26.4. The molecule has 1 saturated heterocycles. The van der Waals surface area contributed by atoms with Crippen LogP contribution in [0.2, 0.25) is 0 Å². The van der Waals surface area contributed by atoms with Gasteiger partial charge in [-0.15, -0.1) is 0 Å². The van der Waals surface area contributed by atoms with Crippen LogP contribution in [0.1, 0.15) is 86.7 Å². The van der Waals surface area contributed by atoms with E-state index in [-0.39, 0.29) is 24.1 Å². The zero-order valence-electron chi connectivity index (χ0n) is 18.8. The van der Waals surface area contributed by atoms with Gasteiger partial charge in [0.1, 0.15) is 6.04 Å². The Labute approximate surface area is 185 Å². The standard InChI is InChI=1S/C25H35N3O3/c1-3-19(4-2)26-21-8-6-5-7-17(21)13-16-9-10-20-18(14-16)15-28(25(20)31)22-11-12-23(29)27-24(22)30/h9-10,14,17,19,21-22,26H,3-8,11-13,15H2,1-2H3,(H,27,29,30)/t17-,21+,22?/m1/s1. The first kappa shape index (κ1) is 22.0. The van der Waals surface area contributed by atoms with Crippen molar-refractivity contribution in [2.24, 2.45) is 5.92 Å². The molecule has 1 aromatic rings. The molecule has 1 saturated carbocycles. The number of amides is 3. The molecule has 1 unspecified atom stereocenters. The summed E-state index contributed by atoms with van der Waals surface area (Å²) < 4.78 is 0. The number of hydrogen-bond donors (Lipinski definition) is 2. The Morgan fingerprint density at radius 3 is 2.61 bits per heavy atom. The minimum absolute atomic E-state index is 0.0954. The third-order valence-corrected chi connectivity index (χ3v) is 7.43. The van der Waals surface area contributed by atoms with Gasteiger partial charge >= 0.3 is 0 Å². The van der Waals surface area contributed by atoms with Gasteiger partial charge < -0.3 is 10.2 Å². The largest absolute Gasteiger partial charge is 0.322 e. The number of rotatable bonds is 7. The first-order valence-corrected chi connectivity index (χ1v) is 12.0. The number of piperidine rings is 1. The number of hydrogen-bond acceptors (Lipinski definition) is 4. The number of fused-ring (bicyclic) bond motifs is 1. The summed E-state index contributed by atoms with van der Waals surface area (Å²) in [6.45, 7) is 4.96. The molecule has 2 fully saturated rings. The van der Waals surface area contributed by atoms with E-state index in [2.05, 4.69) is 36.6 Å². The number of imide groups is 1. The van der Waals surface area contributed by atoms with E-state index in [0.29, 0.717) is 36.5 Å². The molecule has 2 heterocycles. The molecule has 31 heavy (non-hydrogen) atoms. The Hall–Kier alpha value is -2.21. The van der Waals surface area contributed by atoms with Crippen molar-refractivity contribution in [3.63, 3.8) is 0 Å². The fourth-order valence-corrected chi connectivity index (χ4v) is 5.56. The molecule has 1 aliphatic carbocycles. The second-order valence-electron chi connectivity index (χ2n) is 9.43. The lowest BCUT2D eigenvalue weighted by Crippen LogP contribution is -2.52. The van der Waals surface area contributed by atoms with Crippen LogP contribution < -0.4 is 10.6 Å². The number of carbonyl (C=O) groups excluding carboxylic acids is 3. The Morgan fingerprint density at radius 2 is 1.87 bits per heavy atom. The van der Waals surface area contributed by atoms with Crippen LogP contribution in [0.4, 0.5) is 0 Å². The topological polar surface area (TPSA) is 78.5 Å². The maximum Gasteiger partial charge on any atom is 0.255 e. The summed E-state index contributed by atoms with van der Waals surface area (Å²) in [6, 6.07) is 6.80. The molecule has 2 aliphatic heterocycles. The summed E-state index contributed by atoms with van der Waals surface area (Å²) in [5.41, 5.74) is 2.98. The molecule has 6 heteroatoms. The lowest BCUT2D eigenvalue weighted by molar-refractivity contribution is -0.136. The highest BCUT2D eigenvalue weighted by Crippen LogP contribution is 2.32. The summed E-state index contributed by atoms with van der Waals surface area (Å²) in [4.78, 5) is 38.3. The molecular formula is C25H35N3O3. The van der Waals surface area contributed by atoms with Crippen LogP contribution in [0.25, 0.3) is 0 Å². The Morgan fingerprint density at radius 1 is 1.10 bits per heavy atom. The molecule has 0 spiro atoms. The molecule has 3 aliphatic rings. The smallest absolute Gasteiger partial charge is 0.255 e. The van der Waals surface area contributed by atoms with Gasteiger partial charge in [0.25, 0.3) is 5.91 Å². The highest BCUT2D eigenvalue weighted by atomic mass is 16.2. The van der Waals surface area contributed by atoms with Gasteiger partial charge in [0.15, 0.2) is 0 Å². The van der Waals surface area contributed by atoms with Crippen LogP contribution in [-0.2, 0) is 22.6 Å². The highest BCUT2D eigenvalue weighted by Gasteiger charge is 2.39. The van der Waals surface area contributed by atoms with Crippen molar-refractivity contribution in [1.82, 2.24) is 15.5 Å². The van der Waals surface area contributed by atoms with E-state index in [9.17, 15) is 14.4 Å². The first-order valence-electron chi connectivity index (χ1n) is 12.0. The van der Waals surface area contributed by atoms with Crippen molar-refractivity contribution < 1.29 is 14.4 Å². The fraction of sp³-hybridized carbons (Fsp3) is 0.640. The molecule has 0 aromatic heterocycles. The summed E-state index contributed by atoms with van der Waals surface area (Å²) in [5.74, 6) is -0.0791. The maximum atomic E-state index is 12.9. The van der Waals surface area contributed by atoms with Crippen molar-refractivity contribution in [3.8, 4) is 0 Å². The van der Waals surface area contributed by atoms with E-state index >= 15 is 0 Å². The molecule has 1 aromatic carbocycles. The average Bonchev–Trinajstić information content (AvgIpc) is 3.08. The van der Waals surface area contributed by atoms with Gasteiger partial charge in [-0.3, -0.25) is 19.7 Å². The summed E-state index contributed by atoms with van der Waals surface area (Å²) in [6.07, 6.45) is 9.12. The van der Waals surface area contributed by atoms with Crippen LogP contribution in [-0.4, -0.2) is 40.7 Å². The number of carbonyl (C=O) groups is 3. The molecule has 0 radical (unpaired) electrons.